The lowest BCUT2D eigenvalue weighted by Gasteiger charge is -2.31. The van der Waals surface area contributed by atoms with Gasteiger partial charge in [0.1, 0.15) is 5.54 Å². The molecule has 1 aliphatic heterocycles. The Balaban J connectivity index is 2.38. The average Bonchev–Trinajstić information content (AvgIpc) is 2.61. The number of amides is 1. The van der Waals surface area contributed by atoms with Gasteiger partial charge in [-0.2, -0.15) is 0 Å². The van der Waals surface area contributed by atoms with E-state index in [0.29, 0.717) is 4.90 Å². The van der Waals surface area contributed by atoms with Gasteiger partial charge in [0.15, 0.2) is 0 Å². The Morgan fingerprint density at radius 3 is 2.17 bits per heavy atom. The molecule has 0 aromatic rings. The minimum atomic E-state index is -2.98. The smallest absolute Gasteiger partial charge is 0.408 e. The number of rotatable bonds is 3. The molecule has 0 aromatic carbocycles. The van der Waals surface area contributed by atoms with Crippen LogP contribution in [0, 0.1) is 5.41 Å². The number of carboxylic acid groups (broad SMARTS) is 2. The Bertz CT molecular complexity index is 419. The zero-order valence-corrected chi connectivity index (χ0v) is 10.1. The third kappa shape index (κ3) is 1.56. The van der Waals surface area contributed by atoms with E-state index in [-0.39, 0.29) is 18.7 Å². The van der Waals surface area contributed by atoms with Gasteiger partial charge in [-0.1, -0.05) is 0 Å². The summed E-state index contributed by atoms with van der Waals surface area (Å²) in [6, 6.07) is 0. The fourth-order valence-corrected chi connectivity index (χ4v) is 3.15. The molecule has 2 fully saturated rings. The number of carbonyl (C=O) groups is 2. The standard InChI is InChI=1S/C10H12ClF2NO4/c11-2-1-9(6(15)16)3-8(4-10(8,12)13)5-14(9)7(17)18/h1-5H2,(H,15,16)(H,17,18)/t8-,9?/m1/s1. The van der Waals surface area contributed by atoms with Gasteiger partial charge in [-0.05, 0) is 12.8 Å². The van der Waals surface area contributed by atoms with E-state index >= 15 is 0 Å². The number of aliphatic carboxylic acids is 1. The number of likely N-dealkylation sites (tertiary alicyclic amines) is 1. The maximum absolute atomic E-state index is 13.3. The van der Waals surface area contributed by atoms with Crippen LogP contribution < -0.4 is 0 Å². The number of nitrogens with zero attached hydrogens (tertiary/aromatic N) is 1. The maximum atomic E-state index is 13.3. The molecule has 1 spiro atoms. The van der Waals surface area contributed by atoms with Crippen LogP contribution in [-0.2, 0) is 4.79 Å². The SMILES string of the molecule is O=C(O)N1C[C@@]2(CC1(CCCl)C(=O)O)CC2(F)F. The van der Waals surface area contributed by atoms with Gasteiger partial charge in [0, 0.05) is 18.8 Å². The van der Waals surface area contributed by atoms with Crippen LogP contribution in [0.15, 0.2) is 0 Å². The highest BCUT2D eigenvalue weighted by Gasteiger charge is 2.78. The van der Waals surface area contributed by atoms with Gasteiger partial charge >= 0.3 is 12.1 Å². The summed E-state index contributed by atoms with van der Waals surface area (Å²) in [6.45, 7) is -0.446. The molecule has 2 aliphatic rings. The van der Waals surface area contributed by atoms with Crippen molar-refractivity contribution in [3.05, 3.63) is 0 Å². The molecule has 1 unspecified atom stereocenters. The van der Waals surface area contributed by atoms with Gasteiger partial charge in [-0.15, -0.1) is 11.6 Å². The molecule has 1 aliphatic carbocycles. The van der Waals surface area contributed by atoms with Crippen LogP contribution >= 0.6 is 11.6 Å². The third-order valence-electron chi connectivity index (χ3n) is 3.96. The van der Waals surface area contributed by atoms with Crippen LogP contribution in [0.25, 0.3) is 0 Å². The van der Waals surface area contributed by atoms with Crippen LogP contribution in [0.5, 0.6) is 0 Å². The highest BCUT2D eigenvalue weighted by molar-refractivity contribution is 6.18. The number of alkyl halides is 3. The lowest BCUT2D eigenvalue weighted by Crippen LogP contribution is -2.53. The van der Waals surface area contributed by atoms with Crippen LogP contribution in [0.4, 0.5) is 13.6 Å². The van der Waals surface area contributed by atoms with Crippen LogP contribution in [0.3, 0.4) is 0 Å². The molecule has 2 atom stereocenters. The molecule has 18 heavy (non-hydrogen) atoms. The topological polar surface area (TPSA) is 77.8 Å². The molecule has 1 saturated carbocycles. The molecule has 1 heterocycles. The van der Waals surface area contributed by atoms with E-state index in [0.717, 1.165) is 0 Å². The molecule has 8 heteroatoms. The summed E-state index contributed by atoms with van der Waals surface area (Å²) in [5.74, 6) is -4.49. The molecular weight excluding hydrogens is 272 g/mol. The monoisotopic (exact) mass is 283 g/mol. The third-order valence-corrected chi connectivity index (χ3v) is 4.15. The maximum Gasteiger partial charge on any atom is 0.408 e. The fourth-order valence-electron chi connectivity index (χ4n) is 2.84. The minimum absolute atomic E-state index is 0.0995. The Morgan fingerprint density at radius 2 is 1.83 bits per heavy atom. The molecule has 5 nitrogen and oxygen atoms in total. The highest BCUT2D eigenvalue weighted by atomic mass is 35.5. The molecule has 1 saturated heterocycles. The largest absolute Gasteiger partial charge is 0.479 e. The van der Waals surface area contributed by atoms with Crippen molar-refractivity contribution in [1.29, 1.82) is 0 Å². The minimum Gasteiger partial charge on any atom is -0.479 e. The van der Waals surface area contributed by atoms with Crippen molar-refractivity contribution in [2.75, 3.05) is 12.4 Å². The Kier molecular flexibility index (Phi) is 2.73. The van der Waals surface area contributed by atoms with Gasteiger partial charge in [0.05, 0.1) is 5.41 Å². The summed E-state index contributed by atoms with van der Waals surface area (Å²) < 4.78 is 26.7. The zero-order chi connectivity index (χ0) is 13.8. The molecule has 0 aromatic heterocycles. The first kappa shape index (κ1) is 13.3. The van der Waals surface area contributed by atoms with Gasteiger partial charge in [0.25, 0.3) is 5.92 Å². The van der Waals surface area contributed by atoms with E-state index in [9.17, 15) is 23.5 Å². The predicted molar refractivity (Wildman–Crippen MR) is 57.0 cm³/mol. The lowest BCUT2D eigenvalue weighted by atomic mass is 9.88. The lowest BCUT2D eigenvalue weighted by molar-refractivity contribution is -0.149. The fraction of sp³-hybridized carbons (Fsp3) is 0.800. The van der Waals surface area contributed by atoms with E-state index in [4.69, 9.17) is 16.7 Å². The van der Waals surface area contributed by atoms with Crippen molar-refractivity contribution in [3.63, 3.8) is 0 Å². The Labute approximate surface area is 106 Å². The summed E-state index contributed by atoms with van der Waals surface area (Å²) in [7, 11) is 0. The molecule has 2 N–H and O–H groups in total. The van der Waals surface area contributed by atoms with Gasteiger partial charge in [-0.3, -0.25) is 4.90 Å². The van der Waals surface area contributed by atoms with Crippen molar-refractivity contribution >= 4 is 23.7 Å². The van der Waals surface area contributed by atoms with Crippen molar-refractivity contribution in [1.82, 2.24) is 4.90 Å². The van der Waals surface area contributed by atoms with Crippen molar-refractivity contribution in [2.45, 2.75) is 30.7 Å². The van der Waals surface area contributed by atoms with E-state index in [2.05, 4.69) is 0 Å². The second kappa shape index (κ2) is 3.69. The van der Waals surface area contributed by atoms with Crippen molar-refractivity contribution < 1.29 is 28.6 Å². The quantitative estimate of drug-likeness (QED) is 0.775. The number of carboxylic acids is 1. The van der Waals surface area contributed by atoms with Gasteiger partial charge < -0.3 is 10.2 Å². The summed E-state index contributed by atoms with van der Waals surface area (Å²) in [4.78, 5) is 23.1. The van der Waals surface area contributed by atoms with Gasteiger partial charge in [-0.25, -0.2) is 18.4 Å². The van der Waals surface area contributed by atoms with Crippen LogP contribution in [0.1, 0.15) is 19.3 Å². The first-order valence-corrected chi connectivity index (χ1v) is 5.92. The first-order chi connectivity index (χ1) is 8.21. The molecule has 1 amide bonds. The first-order valence-electron chi connectivity index (χ1n) is 5.39. The summed E-state index contributed by atoms with van der Waals surface area (Å²) in [5, 5.41) is 18.3. The number of hydrogen-bond acceptors (Lipinski definition) is 2. The second-order valence-corrected chi connectivity index (χ2v) is 5.36. The van der Waals surface area contributed by atoms with Crippen LogP contribution in [-0.4, -0.2) is 51.1 Å². The summed E-state index contributed by atoms with van der Waals surface area (Å²) in [5.41, 5.74) is -3.34. The second-order valence-electron chi connectivity index (χ2n) is 4.98. The zero-order valence-electron chi connectivity index (χ0n) is 9.33. The van der Waals surface area contributed by atoms with Crippen LogP contribution in [0.2, 0.25) is 0 Å². The molecule has 102 valence electrons. The summed E-state index contributed by atoms with van der Waals surface area (Å²) in [6.07, 6.45) is -2.50. The van der Waals surface area contributed by atoms with Crippen molar-refractivity contribution in [2.24, 2.45) is 5.41 Å². The molecule has 2 rings (SSSR count). The van der Waals surface area contributed by atoms with E-state index < -0.39 is 41.9 Å². The summed E-state index contributed by atoms with van der Waals surface area (Å²) >= 11 is 5.50. The predicted octanol–water partition coefficient (Wildman–Crippen LogP) is 1.85. The van der Waals surface area contributed by atoms with E-state index in [1.165, 1.54) is 0 Å². The Hall–Kier alpha value is -1.11. The number of hydrogen-bond donors (Lipinski definition) is 2. The highest BCUT2D eigenvalue weighted by Crippen LogP contribution is 2.68. The molecular formula is C10H12ClF2NO4. The Morgan fingerprint density at radius 1 is 1.28 bits per heavy atom. The van der Waals surface area contributed by atoms with E-state index in [1.807, 2.05) is 0 Å². The average molecular weight is 284 g/mol. The normalized spacial score (nSPS) is 36.9. The van der Waals surface area contributed by atoms with E-state index in [1.54, 1.807) is 0 Å². The molecule has 0 bridgehead atoms. The van der Waals surface area contributed by atoms with Gasteiger partial charge in [0.2, 0.25) is 0 Å². The number of halogens is 3. The molecule has 0 radical (unpaired) electrons. The van der Waals surface area contributed by atoms with Crippen molar-refractivity contribution in [3.8, 4) is 0 Å².